The molecule has 0 saturated carbocycles. The summed E-state index contributed by atoms with van der Waals surface area (Å²) >= 11 is 0. The van der Waals surface area contributed by atoms with Crippen LogP contribution in [0, 0.1) is 6.92 Å². The van der Waals surface area contributed by atoms with Crippen molar-refractivity contribution < 1.29 is 14.1 Å². The van der Waals surface area contributed by atoms with E-state index >= 15 is 0 Å². The van der Waals surface area contributed by atoms with Crippen LogP contribution in [0.3, 0.4) is 0 Å². The Bertz CT molecular complexity index is 1130. The van der Waals surface area contributed by atoms with E-state index in [1.807, 2.05) is 49.4 Å². The zero-order valence-corrected chi connectivity index (χ0v) is 15.7. The standard InChI is InChI=1S/C22H18N4O3/c1-15-7-2-3-9-17(15)21-25-22(29-26-21)18-10-4-5-11-19(18)28-14-20(27)24-16-8-6-12-23-13-16/h2-13H,14H2,1H3,(H,24,27). The molecule has 0 aliphatic rings. The van der Waals surface area contributed by atoms with E-state index in [0.717, 1.165) is 11.1 Å². The summed E-state index contributed by atoms with van der Waals surface area (Å²) < 4.78 is 11.2. The van der Waals surface area contributed by atoms with Crippen molar-refractivity contribution in [1.29, 1.82) is 0 Å². The van der Waals surface area contributed by atoms with Crippen molar-refractivity contribution in [3.05, 3.63) is 78.6 Å². The molecule has 29 heavy (non-hydrogen) atoms. The molecule has 0 spiro atoms. The lowest BCUT2D eigenvalue weighted by molar-refractivity contribution is -0.118. The zero-order chi connectivity index (χ0) is 20.1. The average molecular weight is 386 g/mol. The fraction of sp³-hybridized carbons (Fsp3) is 0.0909. The Morgan fingerprint density at radius 3 is 2.62 bits per heavy atom. The first-order chi connectivity index (χ1) is 14.2. The number of ether oxygens (including phenoxy) is 1. The number of benzene rings is 2. The fourth-order valence-electron chi connectivity index (χ4n) is 2.81. The second-order valence-electron chi connectivity index (χ2n) is 6.31. The van der Waals surface area contributed by atoms with Gasteiger partial charge in [-0.2, -0.15) is 4.98 Å². The minimum Gasteiger partial charge on any atom is -0.483 e. The van der Waals surface area contributed by atoms with Crippen LogP contribution in [0.25, 0.3) is 22.8 Å². The monoisotopic (exact) mass is 386 g/mol. The molecule has 0 bridgehead atoms. The maximum Gasteiger partial charge on any atom is 0.262 e. The van der Waals surface area contributed by atoms with Gasteiger partial charge in [0.2, 0.25) is 5.82 Å². The van der Waals surface area contributed by atoms with Crippen molar-refractivity contribution in [3.63, 3.8) is 0 Å². The van der Waals surface area contributed by atoms with Crippen LogP contribution in [-0.2, 0) is 4.79 Å². The fourth-order valence-corrected chi connectivity index (χ4v) is 2.81. The summed E-state index contributed by atoms with van der Waals surface area (Å²) in [6, 6.07) is 18.5. The molecule has 2 aromatic carbocycles. The molecule has 1 amide bonds. The van der Waals surface area contributed by atoms with Crippen molar-refractivity contribution in [2.75, 3.05) is 11.9 Å². The van der Waals surface area contributed by atoms with Gasteiger partial charge in [-0.25, -0.2) is 0 Å². The number of aryl methyl sites for hydroxylation is 1. The number of pyridine rings is 1. The summed E-state index contributed by atoms with van der Waals surface area (Å²) in [5, 5.41) is 6.81. The zero-order valence-electron chi connectivity index (χ0n) is 15.7. The second kappa shape index (κ2) is 8.35. The minimum atomic E-state index is -0.293. The normalized spacial score (nSPS) is 10.5. The molecule has 144 valence electrons. The van der Waals surface area contributed by atoms with Crippen molar-refractivity contribution in [1.82, 2.24) is 15.1 Å². The Morgan fingerprint density at radius 1 is 1.03 bits per heavy atom. The number of aromatic nitrogens is 3. The van der Waals surface area contributed by atoms with Gasteiger partial charge in [-0.3, -0.25) is 9.78 Å². The van der Waals surface area contributed by atoms with Crippen LogP contribution >= 0.6 is 0 Å². The molecule has 2 heterocycles. The molecular formula is C22H18N4O3. The molecule has 0 unspecified atom stereocenters. The van der Waals surface area contributed by atoms with Gasteiger partial charge in [0.1, 0.15) is 5.75 Å². The number of rotatable bonds is 6. The van der Waals surface area contributed by atoms with E-state index in [-0.39, 0.29) is 12.5 Å². The Balaban J connectivity index is 1.50. The highest BCUT2D eigenvalue weighted by atomic mass is 16.5. The van der Waals surface area contributed by atoms with E-state index < -0.39 is 0 Å². The average Bonchev–Trinajstić information content (AvgIpc) is 3.23. The minimum absolute atomic E-state index is 0.162. The van der Waals surface area contributed by atoms with Crippen molar-refractivity contribution >= 4 is 11.6 Å². The molecule has 4 aromatic rings. The van der Waals surface area contributed by atoms with E-state index in [2.05, 4.69) is 20.4 Å². The summed E-state index contributed by atoms with van der Waals surface area (Å²) in [6.07, 6.45) is 3.20. The molecule has 2 aromatic heterocycles. The molecule has 0 saturated heterocycles. The third-order valence-electron chi connectivity index (χ3n) is 4.23. The SMILES string of the molecule is Cc1ccccc1-c1noc(-c2ccccc2OCC(=O)Nc2cccnc2)n1. The first kappa shape index (κ1) is 18.4. The van der Waals surface area contributed by atoms with Crippen LogP contribution in [0.2, 0.25) is 0 Å². The van der Waals surface area contributed by atoms with Crippen LogP contribution in [0.4, 0.5) is 5.69 Å². The van der Waals surface area contributed by atoms with Crippen LogP contribution < -0.4 is 10.1 Å². The molecule has 4 rings (SSSR count). The summed E-state index contributed by atoms with van der Waals surface area (Å²) in [5.41, 5.74) is 3.18. The second-order valence-corrected chi connectivity index (χ2v) is 6.31. The predicted molar refractivity (Wildman–Crippen MR) is 108 cm³/mol. The highest BCUT2D eigenvalue weighted by Crippen LogP contribution is 2.30. The molecule has 7 nitrogen and oxygen atoms in total. The molecule has 0 aliphatic heterocycles. The molecule has 0 fully saturated rings. The third-order valence-corrected chi connectivity index (χ3v) is 4.23. The Morgan fingerprint density at radius 2 is 1.83 bits per heavy atom. The number of amides is 1. The maximum absolute atomic E-state index is 12.1. The van der Waals surface area contributed by atoms with Gasteiger partial charge in [0.05, 0.1) is 17.4 Å². The molecule has 7 heteroatoms. The van der Waals surface area contributed by atoms with E-state index in [0.29, 0.717) is 28.7 Å². The molecule has 1 N–H and O–H groups in total. The Kier molecular flexibility index (Phi) is 5.29. The first-order valence-corrected chi connectivity index (χ1v) is 9.02. The number of hydrogen-bond donors (Lipinski definition) is 1. The summed E-state index contributed by atoms with van der Waals surface area (Å²) in [6.45, 7) is 1.83. The summed E-state index contributed by atoms with van der Waals surface area (Å²) in [4.78, 5) is 20.6. The van der Waals surface area contributed by atoms with Gasteiger partial charge in [0.15, 0.2) is 6.61 Å². The predicted octanol–water partition coefficient (Wildman–Crippen LogP) is 4.12. The number of nitrogens with zero attached hydrogens (tertiary/aromatic N) is 3. The highest BCUT2D eigenvalue weighted by Gasteiger charge is 2.16. The Hall–Kier alpha value is -4.00. The van der Waals surface area contributed by atoms with Crippen LogP contribution in [0.1, 0.15) is 5.56 Å². The molecule has 0 radical (unpaired) electrons. The van der Waals surface area contributed by atoms with Crippen molar-refractivity contribution in [2.45, 2.75) is 6.92 Å². The molecule has 0 aliphatic carbocycles. The number of hydrogen-bond acceptors (Lipinski definition) is 6. The number of nitrogens with one attached hydrogen (secondary N) is 1. The van der Waals surface area contributed by atoms with Crippen LogP contribution in [-0.4, -0.2) is 27.6 Å². The maximum atomic E-state index is 12.1. The van der Waals surface area contributed by atoms with Gasteiger partial charge in [-0.15, -0.1) is 0 Å². The number of anilines is 1. The number of carbonyl (C=O) groups is 1. The highest BCUT2D eigenvalue weighted by molar-refractivity contribution is 5.91. The largest absolute Gasteiger partial charge is 0.483 e. The van der Waals surface area contributed by atoms with Crippen LogP contribution in [0.15, 0.2) is 77.6 Å². The lowest BCUT2D eigenvalue weighted by Crippen LogP contribution is -2.20. The number of para-hydroxylation sites is 1. The van der Waals surface area contributed by atoms with E-state index in [9.17, 15) is 4.79 Å². The molecular weight excluding hydrogens is 368 g/mol. The van der Waals surface area contributed by atoms with Gasteiger partial charge in [0.25, 0.3) is 11.8 Å². The summed E-state index contributed by atoms with van der Waals surface area (Å²) in [7, 11) is 0. The van der Waals surface area contributed by atoms with Crippen molar-refractivity contribution in [2.24, 2.45) is 0 Å². The first-order valence-electron chi connectivity index (χ1n) is 9.02. The van der Waals surface area contributed by atoms with E-state index in [4.69, 9.17) is 9.26 Å². The Labute approximate surface area is 167 Å². The quantitative estimate of drug-likeness (QED) is 0.536. The lowest BCUT2D eigenvalue weighted by Gasteiger charge is -2.09. The van der Waals surface area contributed by atoms with Crippen LogP contribution in [0.5, 0.6) is 5.75 Å². The number of carbonyl (C=O) groups excluding carboxylic acids is 1. The smallest absolute Gasteiger partial charge is 0.262 e. The van der Waals surface area contributed by atoms with Gasteiger partial charge < -0.3 is 14.6 Å². The molecule has 0 atom stereocenters. The van der Waals surface area contributed by atoms with Gasteiger partial charge in [-0.1, -0.05) is 41.6 Å². The lowest BCUT2D eigenvalue weighted by atomic mass is 10.1. The van der Waals surface area contributed by atoms with E-state index in [1.54, 1.807) is 30.6 Å². The van der Waals surface area contributed by atoms with Gasteiger partial charge in [0, 0.05) is 11.8 Å². The summed E-state index contributed by atoms with van der Waals surface area (Å²) in [5.74, 6) is 1.02. The van der Waals surface area contributed by atoms with Crippen molar-refractivity contribution in [3.8, 4) is 28.6 Å². The van der Waals surface area contributed by atoms with Gasteiger partial charge >= 0.3 is 0 Å². The van der Waals surface area contributed by atoms with Gasteiger partial charge in [-0.05, 0) is 36.8 Å². The third kappa shape index (κ3) is 4.30. The van der Waals surface area contributed by atoms with E-state index in [1.165, 1.54) is 0 Å². The topological polar surface area (TPSA) is 90.1 Å².